The number of nitrogens with one attached hydrogen (secondary N) is 1. The van der Waals surface area contributed by atoms with Crippen molar-refractivity contribution in [3.8, 4) is 5.75 Å². The molecule has 1 aliphatic heterocycles. The van der Waals surface area contributed by atoms with Gasteiger partial charge in [0.15, 0.2) is 0 Å². The van der Waals surface area contributed by atoms with Crippen LogP contribution in [0.25, 0.3) is 6.08 Å². The summed E-state index contributed by atoms with van der Waals surface area (Å²) in [6.07, 6.45) is 3.53. The van der Waals surface area contributed by atoms with Crippen molar-refractivity contribution in [2.45, 2.75) is 19.3 Å². The van der Waals surface area contributed by atoms with Gasteiger partial charge in [-0.3, -0.25) is 19.7 Å². The van der Waals surface area contributed by atoms with E-state index >= 15 is 0 Å². The zero-order valence-electron chi connectivity index (χ0n) is 13.9. The van der Waals surface area contributed by atoms with Crippen LogP contribution in [0, 0.1) is 0 Å². The van der Waals surface area contributed by atoms with Crippen LogP contribution in [0.2, 0.25) is 0 Å². The molecule has 6 heteroatoms. The van der Waals surface area contributed by atoms with Crippen molar-refractivity contribution in [3.05, 3.63) is 70.6 Å². The maximum atomic E-state index is 11.9. The third-order valence-electron chi connectivity index (χ3n) is 3.74. The summed E-state index contributed by atoms with van der Waals surface area (Å²) >= 11 is 0.867. The van der Waals surface area contributed by atoms with Crippen molar-refractivity contribution in [2.24, 2.45) is 0 Å². The summed E-state index contributed by atoms with van der Waals surface area (Å²) in [5.41, 5.74) is 1.95. The Morgan fingerprint density at radius 3 is 2.42 bits per heavy atom. The number of benzene rings is 2. The van der Waals surface area contributed by atoms with Gasteiger partial charge in [0.1, 0.15) is 5.75 Å². The number of carbonyl (C=O) groups is 3. The summed E-state index contributed by atoms with van der Waals surface area (Å²) in [7, 11) is 0. The monoisotopic (exact) mass is 367 g/mol. The summed E-state index contributed by atoms with van der Waals surface area (Å²) < 4.78 is 5.32. The van der Waals surface area contributed by atoms with Crippen LogP contribution in [-0.2, 0) is 16.0 Å². The molecule has 1 fully saturated rings. The number of hydrogen-bond acceptors (Lipinski definition) is 5. The normalized spacial score (nSPS) is 15.2. The van der Waals surface area contributed by atoms with E-state index in [0.717, 1.165) is 30.2 Å². The van der Waals surface area contributed by atoms with E-state index in [1.807, 2.05) is 30.3 Å². The second-order valence-corrected chi connectivity index (χ2v) is 6.75. The Balaban J connectivity index is 1.49. The molecule has 0 unspecified atom stereocenters. The van der Waals surface area contributed by atoms with Crippen LogP contribution in [0.5, 0.6) is 5.75 Å². The van der Waals surface area contributed by atoms with Crippen LogP contribution in [0.15, 0.2) is 59.5 Å². The predicted molar refractivity (Wildman–Crippen MR) is 101 cm³/mol. The second-order valence-electron chi connectivity index (χ2n) is 5.73. The molecular formula is C20H17NO4S. The van der Waals surface area contributed by atoms with Crippen molar-refractivity contribution >= 4 is 35.0 Å². The van der Waals surface area contributed by atoms with E-state index in [1.54, 1.807) is 30.3 Å². The van der Waals surface area contributed by atoms with Crippen LogP contribution in [0.1, 0.15) is 24.0 Å². The Morgan fingerprint density at radius 1 is 1.04 bits per heavy atom. The minimum absolute atomic E-state index is 0.275. The summed E-state index contributed by atoms with van der Waals surface area (Å²) in [6.45, 7) is 0. The molecule has 2 aromatic carbocycles. The highest BCUT2D eigenvalue weighted by molar-refractivity contribution is 8.18. The zero-order chi connectivity index (χ0) is 18.4. The maximum absolute atomic E-state index is 11.9. The topological polar surface area (TPSA) is 72.5 Å². The van der Waals surface area contributed by atoms with E-state index in [4.69, 9.17) is 4.74 Å². The quantitative estimate of drug-likeness (QED) is 0.476. The number of imide groups is 1. The number of thioether (sulfide) groups is 1. The van der Waals surface area contributed by atoms with Crippen LogP contribution in [0.3, 0.4) is 0 Å². The van der Waals surface area contributed by atoms with E-state index < -0.39 is 5.91 Å². The van der Waals surface area contributed by atoms with E-state index in [9.17, 15) is 14.4 Å². The molecule has 1 aliphatic rings. The van der Waals surface area contributed by atoms with Crippen LogP contribution < -0.4 is 10.1 Å². The summed E-state index contributed by atoms with van der Waals surface area (Å²) in [5.74, 6) is -0.214. The molecule has 0 bridgehead atoms. The maximum Gasteiger partial charge on any atom is 0.311 e. The van der Waals surface area contributed by atoms with Crippen LogP contribution in [-0.4, -0.2) is 17.1 Å². The number of esters is 1. The molecule has 0 spiro atoms. The fourth-order valence-electron chi connectivity index (χ4n) is 2.47. The first kappa shape index (κ1) is 17.9. The van der Waals surface area contributed by atoms with Crippen molar-refractivity contribution in [1.82, 2.24) is 5.32 Å². The van der Waals surface area contributed by atoms with E-state index in [-0.39, 0.29) is 11.2 Å². The fourth-order valence-corrected chi connectivity index (χ4v) is 3.15. The molecule has 1 heterocycles. The van der Waals surface area contributed by atoms with Crippen LogP contribution in [0.4, 0.5) is 4.79 Å². The van der Waals surface area contributed by atoms with Gasteiger partial charge >= 0.3 is 5.97 Å². The number of ether oxygens (including phenoxy) is 1. The number of amides is 2. The third-order valence-corrected chi connectivity index (χ3v) is 4.55. The van der Waals surface area contributed by atoms with E-state index in [0.29, 0.717) is 17.1 Å². The predicted octanol–water partition coefficient (Wildman–Crippen LogP) is 3.94. The van der Waals surface area contributed by atoms with E-state index in [2.05, 4.69) is 5.32 Å². The molecule has 0 aliphatic carbocycles. The first-order chi connectivity index (χ1) is 12.6. The lowest BCUT2D eigenvalue weighted by Gasteiger charge is -2.05. The molecule has 0 radical (unpaired) electrons. The summed E-state index contributed by atoms with van der Waals surface area (Å²) in [5, 5.41) is 1.83. The Labute approximate surface area is 155 Å². The molecule has 2 amide bonds. The highest BCUT2D eigenvalue weighted by Gasteiger charge is 2.24. The lowest BCUT2D eigenvalue weighted by molar-refractivity contribution is -0.134. The fraction of sp³-hybridized carbons (Fsp3) is 0.150. The highest BCUT2D eigenvalue weighted by atomic mass is 32.2. The lowest BCUT2D eigenvalue weighted by atomic mass is 10.1. The molecule has 0 atom stereocenters. The Hall–Kier alpha value is -2.86. The Morgan fingerprint density at radius 2 is 1.77 bits per heavy atom. The van der Waals surface area contributed by atoms with Gasteiger partial charge in [-0.15, -0.1) is 0 Å². The van der Waals surface area contributed by atoms with Gasteiger partial charge < -0.3 is 4.74 Å². The van der Waals surface area contributed by atoms with Gasteiger partial charge in [-0.05, 0) is 53.9 Å². The summed E-state index contributed by atoms with van der Waals surface area (Å²) in [6, 6.07) is 16.8. The third kappa shape index (κ3) is 5.07. The molecule has 26 heavy (non-hydrogen) atoms. The number of aryl methyl sites for hydroxylation is 1. The number of hydrogen-bond donors (Lipinski definition) is 1. The van der Waals surface area contributed by atoms with Gasteiger partial charge in [-0.1, -0.05) is 42.5 Å². The number of rotatable bonds is 6. The van der Waals surface area contributed by atoms with Crippen LogP contribution >= 0.6 is 11.8 Å². The average molecular weight is 367 g/mol. The first-order valence-electron chi connectivity index (χ1n) is 8.20. The number of carbonyl (C=O) groups excluding carboxylic acids is 3. The Bertz CT molecular complexity index is 844. The van der Waals surface area contributed by atoms with Gasteiger partial charge in [0.2, 0.25) is 0 Å². The van der Waals surface area contributed by atoms with Gasteiger partial charge in [0, 0.05) is 6.42 Å². The largest absolute Gasteiger partial charge is 0.427 e. The molecule has 0 aromatic heterocycles. The second kappa shape index (κ2) is 8.49. The van der Waals surface area contributed by atoms with Gasteiger partial charge in [0.25, 0.3) is 11.1 Å². The molecule has 132 valence electrons. The lowest BCUT2D eigenvalue weighted by Crippen LogP contribution is -2.17. The molecule has 1 saturated heterocycles. The van der Waals surface area contributed by atoms with Crippen molar-refractivity contribution in [1.29, 1.82) is 0 Å². The summed E-state index contributed by atoms with van der Waals surface area (Å²) in [4.78, 5) is 34.9. The molecule has 2 aromatic rings. The standard InChI is InChI=1S/C20H17NO4S/c22-18(8-4-7-14-5-2-1-3-6-14)25-16-11-9-15(10-12-16)13-17-19(23)21-20(24)26-17/h1-3,5-6,9-13H,4,7-8H2,(H,21,23,24)/b17-13-. The molecule has 1 N–H and O–H groups in total. The Kier molecular flexibility index (Phi) is 5.86. The molecule has 5 nitrogen and oxygen atoms in total. The van der Waals surface area contributed by atoms with Crippen molar-refractivity contribution in [3.63, 3.8) is 0 Å². The minimum atomic E-state index is -0.395. The molecule has 0 saturated carbocycles. The van der Waals surface area contributed by atoms with Gasteiger partial charge in [-0.2, -0.15) is 0 Å². The highest BCUT2D eigenvalue weighted by Crippen LogP contribution is 2.26. The average Bonchev–Trinajstić information content (AvgIpc) is 2.95. The zero-order valence-corrected chi connectivity index (χ0v) is 14.8. The van der Waals surface area contributed by atoms with E-state index in [1.165, 1.54) is 5.56 Å². The molecule has 3 rings (SSSR count). The minimum Gasteiger partial charge on any atom is -0.427 e. The smallest absolute Gasteiger partial charge is 0.311 e. The SMILES string of the molecule is O=C(CCCc1ccccc1)Oc1ccc(/C=C2\SC(=O)NC2=O)cc1. The van der Waals surface area contributed by atoms with Crippen molar-refractivity contribution in [2.75, 3.05) is 0 Å². The first-order valence-corrected chi connectivity index (χ1v) is 9.01. The molecular weight excluding hydrogens is 350 g/mol. The van der Waals surface area contributed by atoms with Crippen molar-refractivity contribution < 1.29 is 19.1 Å². The van der Waals surface area contributed by atoms with Gasteiger partial charge in [0.05, 0.1) is 4.91 Å². The van der Waals surface area contributed by atoms with Gasteiger partial charge in [-0.25, -0.2) is 0 Å².